The first-order chi connectivity index (χ1) is 8.43. The van der Waals surface area contributed by atoms with Gasteiger partial charge >= 0.3 is 0 Å². The summed E-state index contributed by atoms with van der Waals surface area (Å²) in [5.74, 6) is 0. The molecule has 0 bridgehead atoms. The molecular weight excluding hydrogens is 218 g/mol. The molecule has 0 atom stereocenters. The standard InChI is InChI=1S/C13H21NO3/c1-15-9-5-10-16-11-8-14-17-12-13-6-3-2-4-7-13/h2-4,6-7,14H,5,8-12H2,1H3. The molecule has 0 fully saturated rings. The van der Waals surface area contributed by atoms with Gasteiger partial charge in [0.2, 0.25) is 0 Å². The molecule has 1 aromatic rings. The molecule has 1 N–H and O–H groups in total. The van der Waals surface area contributed by atoms with Crippen molar-refractivity contribution >= 4 is 0 Å². The average molecular weight is 239 g/mol. The topological polar surface area (TPSA) is 39.7 Å². The summed E-state index contributed by atoms with van der Waals surface area (Å²) >= 11 is 0. The molecule has 1 aromatic carbocycles. The molecule has 0 saturated carbocycles. The van der Waals surface area contributed by atoms with Crippen LogP contribution in [0.15, 0.2) is 30.3 Å². The minimum Gasteiger partial charge on any atom is -0.385 e. The Labute approximate surface area is 103 Å². The van der Waals surface area contributed by atoms with Crippen LogP contribution in [0.3, 0.4) is 0 Å². The van der Waals surface area contributed by atoms with Gasteiger partial charge in [-0.2, -0.15) is 5.48 Å². The number of rotatable bonds is 10. The zero-order valence-electron chi connectivity index (χ0n) is 10.4. The van der Waals surface area contributed by atoms with E-state index in [1.54, 1.807) is 7.11 Å². The van der Waals surface area contributed by atoms with Gasteiger partial charge in [0, 0.05) is 26.9 Å². The Morgan fingerprint density at radius 3 is 2.65 bits per heavy atom. The zero-order chi connectivity index (χ0) is 12.2. The number of nitrogens with one attached hydrogen (secondary N) is 1. The van der Waals surface area contributed by atoms with Crippen molar-refractivity contribution in [3.8, 4) is 0 Å². The Morgan fingerprint density at radius 2 is 1.88 bits per heavy atom. The van der Waals surface area contributed by atoms with E-state index in [9.17, 15) is 0 Å². The summed E-state index contributed by atoms with van der Waals surface area (Å²) in [6.45, 7) is 3.40. The van der Waals surface area contributed by atoms with Crippen LogP contribution in [0.25, 0.3) is 0 Å². The van der Waals surface area contributed by atoms with Crippen LogP contribution in [0.1, 0.15) is 12.0 Å². The first kappa shape index (κ1) is 14.1. The van der Waals surface area contributed by atoms with Crippen molar-refractivity contribution in [3.63, 3.8) is 0 Å². The molecule has 0 unspecified atom stereocenters. The second-order valence-electron chi connectivity index (χ2n) is 3.63. The number of hydroxylamine groups is 1. The lowest BCUT2D eigenvalue weighted by molar-refractivity contribution is 0.00774. The van der Waals surface area contributed by atoms with E-state index in [0.717, 1.165) is 25.2 Å². The summed E-state index contributed by atoms with van der Waals surface area (Å²) < 4.78 is 10.3. The smallest absolute Gasteiger partial charge is 0.0933 e. The molecule has 0 amide bonds. The Bertz CT molecular complexity index is 267. The number of ether oxygens (including phenoxy) is 2. The average Bonchev–Trinajstić information content (AvgIpc) is 2.38. The summed E-state index contributed by atoms with van der Waals surface area (Å²) in [6, 6.07) is 10.0. The van der Waals surface area contributed by atoms with Crippen LogP contribution in [-0.4, -0.2) is 33.5 Å². The summed E-state index contributed by atoms with van der Waals surface area (Å²) in [4.78, 5) is 5.29. The van der Waals surface area contributed by atoms with Gasteiger partial charge in [-0.05, 0) is 12.0 Å². The van der Waals surface area contributed by atoms with Crippen molar-refractivity contribution in [2.45, 2.75) is 13.0 Å². The summed E-state index contributed by atoms with van der Waals surface area (Å²) in [5, 5.41) is 0. The molecule has 0 aliphatic carbocycles. The summed E-state index contributed by atoms with van der Waals surface area (Å²) in [5.41, 5.74) is 4.02. The number of hydrogen-bond acceptors (Lipinski definition) is 4. The van der Waals surface area contributed by atoms with Crippen molar-refractivity contribution in [2.24, 2.45) is 0 Å². The van der Waals surface area contributed by atoms with E-state index in [1.165, 1.54) is 0 Å². The Hall–Kier alpha value is -0.940. The predicted molar refractivity (Wildman–Crippen MR) is 66.5 cm³/mol. The minimum atomic E-state index is 0.574. The van der Waals surface area contributed by atoms with Gasteiger partial charge in [0.15, 0.2) is 0 Å². The maximum atomic E-state index is 5.37. The minimum absolute atomic E-state index is 0.574. The van der Waals surface area contributed by atoms with Gasteiger partial charge in [-0.3, -0.25) is 4.84 Å². The fourth-order valence-electron chi connectivity index (χ4n) is 1.30. The highest BCUT2D eigenvalue weighted by Crippen LogP contribution is 1.98. The second kappa shape index (κ2) is 10.2. The lowest BCUT2D eigenvalue weighted by atomic mass is 10.2. The van der Waals surface area contributed by atoms with Crippen LogP contribution in [0.2, 0.25) is 0 Å². The SMILES string of the molecule is COCCCOCCNOCc1ccccc1. The third-order valence-corrected chi connectivity index (χ3v) is 2.17. The number of benzene rings is 1. The molecule has 0 heterocycles. The first-order valence-corrected chi connectivity index (χ1v) is 5.88. The highest BCUT2D eigenvalue weighted by Gasteiger charge is 1.92. The van der Waals surface area contributed by atoms with Crippen LogP contribution < -0.4 is 5.48 Å². The van der Waals surface area contributed by atoms with Crippen LogP contribution >= 0.6 is 0 Å². The van der Waals surface area contributed by atoms with Gasteiger partial charge in [0.1, 0.15) is 0 Å². The van der Waals surface area contributed by atoms with E-state index in [4.69, 9.17) is 14.3 Å². The first-order valence-electron chi connectivity index (χ1n) is 5.88. The number of methoxy groups -OCH3 is 1. The molecule has 0 saturated heterocycles. The largest absolute Gasteiger partial charge is 0.385 e. The highest BCUT2D eigenvalue weighted by molar-refractivity contribution is 5.13. The molecule has 4 nitrogen and oxygen atoms in total. The third-order valence-electron chi connectivity index (χ3n) is 2.17. The van der Waals surface area contributed by atoms with Crippen LogP contribution in [0, 0.1) is 0 Å². The maximum absolute atomic E-state index is 5.37. The number of hydrogen-bond donors (Lipinski definition) is 1. The monoisotopic (exact) mass is 239 g/mol. The molecule has 1 rings (SSSR count). The van der Waals surface area contributed by atoms with Gasteiger partial charge in [-0.15, -0.1) is 0 Å². The predicted octanol–water partition coefficient (Wildman–Crippen LogP) is 1.76. The maximum Gasteiger partial charge on any atom is 0.0933 e. The van der Waals surface area contributed by atoms with Gasteiger partial charge in [-0.25, -0.2) is 0 Å². The van der Waals surface area contributed by atoms with Gasteiger partial charge in [0.05, 0.1) is 13.2 Å². The molecule has 17 heavy (non-hydrogen) atoms. The quantitative estimate of drug-likeness (QED) is 0.499. The molecule has 96 valence electrons. The fourth-order valence-corrected chi connectivity index (χ4v) is 1.30. The normalized spacial score (nSPS) is 10.6. The van der Waals surface area contributed by atoms with Crippen molar-refractivity contribution in [3.05, 3.63) is 35.9 Å². The van der Waals surface area contributed by atoms with Gasteiger partial charge < -0.3 is 9.47 Å². The Balaban J connectivity index is 1.85. The van der Waals surface area contributed by atoms with Crippen LogP contribution in [0.4, 0.5) is 0 Å². The third kappa shape index (κ3) is 7.88. The van der Waals surface area contributed by atoms with Crippen molar-refractivity contribution < 1.29 is 14.3 Å². The molecule has 0 spiro atoms. The fraction of sp³-hybridized carbons (Fsp3) is 0.538. The lowest BCUT2D eigenvalue weighted by Crippen LogP contribution is -2.20. The molecule has 4 heteroatoms. The Kier molecular flexibility index (Phi) is 8.50. The van der Waals surface area contributed by atoms with Crippen molar-refractivity contribution in [2.75, 3.05) is 33.5 Å². The zero-order valence-corrected chi connectivity index (χ0v) is 10.4. The molecular formula is C13H21NO3. The Morgan fingerprint density at radius 1 is 1.06 bits per heavy atom. The van der Waals surface area contributed by atoms with Gasteiger partial charge in [0.25, 0.3) is 0 Å². The highest BCUT2D eigenvalue weighted by atomic mass is 16.6. The van der Waals surface area contributed by atoms with E-state index < -0.39 is 0 Å². The van der Waals surface area contributed by atoms with Crippen molar-refractivity contribution in [1.29, 1.82) is 0 Å². The molecule has 0 aliphatic rings. The lowest BCUT2D eigenvalue weighted by Gasteiger charge is -2.06. The van der Waals surface area contributed by atoms with E-state index in [1.807, 2.05) is 30.3 Å². The summed E-state index contributed by atoms with van der Waals surface area (Å²) in [7, 11) is 1.69. The van der Waals surface area contributed by atoms with Gasteiger partial charge in [-0.1, -0.05) is 30.3 Å². The van der Waals surface area contributed by atoms with E-state index in [0.29, 0.717) is 19.8 Å². The van der Waals surface area contributed by atoms with E-state index in [-0.39, 0.29) is 0 Å². The second-order valence-corrected chi connectivity index (χ2v) is 3.63. The molecule has 0 aliphatic heterocycles. The van der Waals surface area contributed by atoms with E-state index in [2.05, 4.69) is 5.48 Å². The van der Waals surface area contributed by atoms with Crippen LogP contribution in [-0.2, 0) is 20.9 Å². The van der Waals surface area contributed by atoms with E-state index >= 15 is 0 Å². The molecule has 0 radical (unpaired) electrons. The van der Waals surface area contributed by atoms with Crippen molar-refractivity contribution in [1.82, 2.24) is 5.48 Å². The van der Waals surface area contributed by atoms with Crippen LogP contribution in [0.5, 0.6) is 0 Å². The summed E-state index contributed by atoms with van der Waals surface area (Å²) in [6.07, 6.45) is 0.932. The molecule has 0 aromatic heterocycles.